The maximum absolute atomic E-state index is 12.0. The van der Waals surface area contributed by atoms with Crippen LogP contribution < -0.4 is 4.74 Å². The van der Waals surface area contributed by atoms with Gasteiger partial charge in [-0.2, -0.15) is 0 Å². The number of nitro groups is 1. The van der Waals surface area contributed by atoms with Gasteiger partial charge >= 0.3 is 5.69 Å². The Balaban J connectivity index is 1.76. The molecule has 0 bridgehead atoms. The van der Waals surface area contributed by atoms with Crippen molar-refractivity contribution in [2.45, 2.75) is 25.5 Å². The van der Waals surface area contributed by atoms with E-state index in [1.54, 1.807) is 36.2 Å². The molecule has 1 amide bonds. The van der Waals surface area contributed by atoms with E-state index in [4.69, 9.17) is 4.74 Å². The van der Waals surface area contributed by atoms with Gasteiger partial charge in [-0.15, -0.1) is 0 Å². The zero-order valence-corrected chi connectivity index (χ0v) is 13.6. The molecule has 2 aromatic carbocycles. The van der Waals surface area contributed by atoms with E-state index in [-0.39, 0.29) is 17.3 Å². The molecule has 1 N–H and O–H groups in total. The minimum Gasteiger partial charge on any atom is -0.450 e. The van der Waals surface area contributed by atoms with Crippen molar-refractivity contribution in [1.29, 1.82) is 0 Å². The fourth-order valence-electron chi connectivity index (χ4n) is 3.52. The van der Waals surface area contributed by atoms with Gasteiger partial charge in [0, 0.05) is 30.8 Å². The summed E-state index contributed by atoms with van der Waals surface area (Å²) in [6.07, 6.45) is 0.431. The number of aliphatic hydroxyl groups is 1. The van der Waals surface area contributed by atoms with E-state index < -0.39 is 11.0 Å². The Kier molecular flexibility index (Phi) is 3.47. The van der Waals surface area contributed by atoms with Gasteiger partial charge in [-0.05, 0) is 48.2 Å². The Morgan fingerprint density at radius 2 is 2.12 bits per heavy atom. The van der Waals surface area contributed by atoms with Crippen molar-refractivity contribution in [2.75, 3.05) is 7.05 Å². The summed E-state index contributed by atoms with van der Waals surface area (Å²) in [7, 11) is 1.72. The molecule has 0 aromatic heterocycles. The number of aliphatic hydroxyl groups excluding tert-OH is 1. The quantitative estimate of drug-likeness (QED) is 0.685. The number of hydrogen-bond donors (Lipinski definition) is 1. The van der Waals surface area contributed by atoms with E-state index in [1.165, 1.54) is 6.07 Å². The third-order valence-electron chi connectivity index (χ3n) is 4.78. The van der Waals surface area contributed by atoms with Crippen LogP contribution in [0.15, 0.2) is 30.3 Å². The van der Waals surface area contributed by atoms with Crippen molar-refractivity contribution in [1.82, 2.24) is 4.90 Å². The summed E-state index contributed by atoms with van der Waals surface area (Å²) < 4.78 is 5.88. The van der Waals surface area contributed by atoms with E-state index in [1.807, 2.05) is 0 Å². The molecule has 4 rings (SSSR count). The standard InChI is InChI=1S/C18H16N2O5/c1-19-9-10-8-11(2-3-12(10)18(19)22)25-17-14-5-7-16(21)13(14)4-6-15(17)20(23)24/h2-4,6,8,16,21H,5,7,9H2,1H3. The number of rotatable bonds is 3. The minimum absolute atomic E-state index is 0.0451. The molecular formula is C18H16N2O5. The number of nitrogens with zero attached hydrogens (tertiary/aromatic N) is 2. The summed E-state index contributed by atoms with van der Waals surface area (Å²) >= 11 is 0. The maximum atomic E-state index is 12.0. The highest BCUT2D eigenvalue weighted by Crippen LogP contribution is 2.44. The third-order valence-corrected chi connectivity index (χ3v) is 4.78. The molecule has 1 aliphatic heterocycles. The summed E-state index contributed by atoms with van der Waals surface area (Å²) in [5.74, 6) is 0.577. The fourth-order valence-corrected chi connectivity index (χ4v) is 3.52. The van der Waals surface area contributed by atoms with Crippen LogP contribution in [0.1, 0.15) is 39.6 Å². The van der Waals surface area contributed by atoms with Crippen LogP contribution in [0, 0.1) is 10.1 Å². The van der Waals surface area contributed by atoms with E-state index >= 15 is 0 Å². The Morgan fingerprint density at radius 1 is 1.32 bits per heavy atom. The van der Waals surface area contributed by atoms with Crippen molar-refractivity contribution in [3.63, 3.8) is 0 Å². The number of benzene rings is 2. The van der Waals surface area contributed by atoms with Gasteiger partial charge in [0.05, 0.1) is 11.0 Å². The van der Waals surface area contributed by atoms with Gasteiger partial charge < -0.3 is 14.7 Å². The molecule has 1 aliphatic carbocycles. The van der Waals surface area contributed by atoms with Crippen LogP contribution >= 0.6 is 0 Å². The number of carbonyl (C=O) groups excluding carboxylic acids is 1. The Hall–Kier alpha value is -2.93. The highest BCUT2D eigenvalue weighted by atomic mass is 16.6. The van der Waals surface area contributed by atoms with Crippen LogP contribution in [0.25, 0.3) is 0 Å². The lowest BCUT2D eigenvalue weighted by atomic mass is 10.1. The van der Waals surface area contributed by atoms with Crippen molar-refractivity contribution in [3.8, 4) is 11.5 Å². The first-order chi connectivity index (χ1) is 12.0. The number of ether oxygens (including phenoxy) is 1. The van der Waals surface area contributed by atoms with Gasteiger partial charge in [0.1, 0.15) is 5.75 Å². The molecule has 0 spiro atoms. The molecule has 0 radical (unpaired) electrons. The molecule has 1 heterocycles. The van der Waals surface area contributed by atoms with Gasteiger partial charge in [0.15, 0.2) is 0 Å². The lowest BCUT2D eigenvalue weighted by Gasteiger charge is -2.12. The van der Waals surface area contributed by atoms with Crippen LogP contribution in [-0.2, 0) is 13.0 Å². The smallest absolute Gasteiger partial charge is 0.311 e. The molecule has 0 fully saturated rings. The molecule has 0 saturated heterocycles. The van der Waals surface area contributed by atoms with Crippen molar-refractivity contribution in [2.24, 2.45) is 0 Å². The Morgan fingerprint density at radius 3 is 2.88 bits per heavy atom. The second kappa shape index (κ2) is 5.56. The summed E-state index contributed by atoms with van der Waals surface area (Å²) in [5.41, 5.74) is 2.69. The van der Waals surface area contributed by atoms with Crippen molar-refractivity contribution in [3.05, 3.63) is 62.7 Å². The van der Waals surface area contributed by atoms with E-state index in [2.05, 4.69) is 0 Å². The first kappa shape index (κ1) is 15.6. The number of amides is 1. The molecule has 2 aliphatic rings. The predicted octanol–water partition coefficient (Wildman–Crippen LogP) is 2.95. The molecule has 2 aromatic rings. The molecule has 1 unspecified atom stereocenters. The van der Waals surface area contributed by atoms with Gasteiger partial charge in [-0.25, -0.2) is 0 Å². The molecule has 7 nitrogen and oxygen atoms in total. The molecular weight excluding hydrogens is 324 g/mol. The van der Waals surface area contributed by atoms with E-state index in [9.17, 15) is 20.0 Å². The third kappa shape index (κ3) is 2.44. The summed E-state index contributed by atoms with van der Waals surface area (Å²) in [4.78, 5) is 24.5. The highest BCUT2D eigenvalue weighted by molar-refractivity contribution is 5.98. The highest BCUT2D eigenvalue weighted by Gasteiger charge is 2.31. The van der Waals surface area contributed by atoms with Crippen LogP contribution in [0.2, 0.25) is 0 Å². The normalized spacial score (nSPS) is 18.2. The number of fused-ring (bicyclic) bond motifs is 2. The fraction of sp³-hybridized carbons (Fsp3) is 0.278. The van der Waals surface area contributed by atoms with Crippen molar-refractivity contribution >= 4 is 11.6 Å². The monoisotopic (exact) mass is 340 g/mol. The van der Waals surface area contributed by atoms with Gasteiger partial charge in [-0.1, -0.05) is 0 Å². The van der Waals surface area contributed by atoms with Crippen LogP contribution in [-0.4, -0.2) is 27.9 Å². The van der Waals surface area contributed by atoms with E-state index in [0.717, 1.165) is 5.56 Å². The van der Waals surface area contributed by atoms with E-state index in [0.29, 0.717) is 41.8 Å². The summed E-state index contributed by atoms with van der Waals surface area (Å²) in [6.45, 7) is 0.485. The van der Waals surface area contributed by atoms with Gasteiger partial charge in [-0.3, -0.25) is 14.9 Å². The Labute approximate surface area is 143 Å². The van der Waals surface area contributed by atoms with Gasteiger partial charge in [0.2, 0.25) is 5.75 Å². The molecule has 7 heteroatoms. The van der Waals surface area contributed by atoms with Crippen LogP contribution in [0.3, 0.4) is 0 Å². The molecule has 1 atom stereocenters. The number of nitro benzene ring substituents is 1. The van der Waals surface area contributed by atoms with Crippen molar-refractivity contribution < 1.29 is 19.6 Å². The topological polar surface area (TPSA) is 92.9 Å². The average molecular weight is 340 g/mol. The maximum Gasteiger partial charge on any atom is 0.311 e. The lowest BCUT2D eigenvalue weighted by molar-refractivity contribution is -0.385. The zero-order chi connectivity index (χ0) is 17.7. The zero-order valence-electron chi connectivity index (χ0n) is 13.6. The second-order valence-corrected chi connectivity index (χ2v) is 6.38. The minimum atomic E-state index is -0.621. The largest absolute Gasteiger partial charge is 0.450 e. The summed E-state index contributed by atoms with van der Waals surface area (Å²) in [5, 5.41) is 21.4. The number of carbonyl (C=O) groups is 1. The van der Waals surface area contributed by atoms with Crippen LogP contribution in [0.5, 0.6) is 11.5 Å². The molecule has 128 valence electrons. The predicted molar refractivity (Wildman–Crippen MR) is 88.7 cm³/mol. The Bertz CT molecular complexity index is 909. The first-order valence-electron chi connectivity index (χ1n) is 8.00. The first-order valence-corrected chi connectivity index (χ1v) is 8.00. The average Bonchev–Trinajstić information content (AvgIpc) is 3.08. The summed E-state index contributed by atoms with van der Waals surface area (Å²) in [6, 6.07) is 8.03. The van der Waals surface area contributed by atoms with Gasteiger partial charge in [0.25, 0.3) is 5.91 Å². The molecule has 0 saturated carbocycles. The van der Waals surface area contributed by atoms with Crippen LogP contribution in [0.4, 0.5) is 5.69 Å². The lowest BCUT2D eigenvalue weighted by Crippen LogP contribution is -2.17. The molecule has 25 heavy (non-hydrogen) atoms. The second-order valence-electron chi connectivity index (χ2n) is 6.38. The number of hydrogen-bond acceptors (Lipinski definition) is 5. The SMILES string of the molecule is CN1Cc2cc(Oc3c([N+](=O)[O-])ccc4c3CCC4O)ccc2C1=O.